The van der Waals surface area contributed by atoms with Crippen molar-refractivity contribution in [2.75, 3.05) is 18.0 Å². The summed E-state index contributed by atoms with van der Waals surface area (Å²) in [5.41, 5.74) is 7.86. The number of piperazine rings is 1. The van der Waals surface area contributed by atoms with Crippen LogP contribution in [0.3, 0.4) is 0 Å². The van der Waals surface area contributed by atoms with E-state index in [2.05, 4.69) is 29.3 Å². The summed E-state index contributed by atoms with van der Waals surface area (Å²) in [6.07, 6.45) is 0.886. The Morgan fingerprint density at radius 2 is 2.11 bits per heavy atom. The largest absolute Gasteiger partial charge is 0.355 e. The molecule has 1 aliphatic rings. The van der Waals surface area contributed by atoms with Gasteiger partial charge in [0.05, 0.1) is 0 Å². The number of nitrogens with zero attached hydrogens (tertiary/aromatic N) is 1. The maximum absolute atomic E-state index is 12.1. The van der Waals surface area contributed by atoms with Gasteiger partial charge in [-0.2, -0.15) is 0 Å². The van der Waals surface area contributed by atoms with Crippen LogP contribution in [0.2, 0.25) is 0 Å². The van der Waals surface area contributed by atoms with E-state index in [4.69, 9.17) is 5.73 Å². The molecule has 0 spiro atoms. The molecule has 1 heterocycles. The summed E-state index contributed by atoms with van der Waals surface area (Å²) >= 11 is 0. The summed E-state index contributed by atoms with van der Waals surface area (Å²) in [6.45, 7) is 7.48. The molecule has 3 N–H and O–H groups in total. The molecule has 19 heavy (non-hydrogen) atoms. The molecular weight excluding hydrogens is 238 g/mol. The van der Waals surface area contributed by atoms with Gasteiger partial charge in [-0.05, 0) is 31.9 Å². The highest BCUT2D eigenvalue weighted by atomic mass is 16.2. The number of amides is 1. The van der Waals surface area contributed by atoms with Gasteiger partial charge < -0.3 is 16.0 Å². The van der Waals surface area contributed by atoms with Crippen LogP contribution in [0.15, 0.2) is 24.3 Å². The fraction of sp³-hybridized carbons (Fsp3) is 0.533. The second kappa shape index (κ2) is 5.21. The standard InChI is InChI=1S/C15H23N3O/c1-4-12(16)11-7-5-6-8-13(11)18-10-9-17-14(19)15(18,2)3/h5-8,12H,4,9-10,16H2,1-3H3,(H,17,19)/t12-/m1/s1. The lowest BCUT2D eigenvalue weighted by Gasteiger charge is -2.44. The van der Waals surface area contributed by atoms with Crippen LogP contribution in [0, 0.1) is 0 Å². The topological polar surface area (TPSA) is 58.4 Å². The number of nitrogens with one attached hydrogen (secondary N) is 1. The second-order valence-corrected chi connectivity index (χ2v) is 5.54. The summed E-state index contributed by atoms with van der Waals surface area (Å²) in [7, 11) is 0. The molecule has 4 nitrogen and oxygen atoms in total. The van der Waals surface area contributed by atoms with Crippen molar-refractivity contribution in [1.82, 2.24) is 5.32 Å². The van der Waals surface area contributed by atoms with Crippen molar-refractivity contribution in [3.8, 4) is 0 Å². The van der Waals surface area contributed by atoms with E-state index in [1.807, 2.05) is 26.0 Å². The number of anilines is 1. The van der Waals surface area contributed by atoms with Crippen LogP contribution in [0.4, 0.5) is 5.69 Å². The van der Waals surface area contributed by atoms with E-state index in [-0.39, 0.29) is 11.9 Å². The smallest absolute Gasteiger partial charge is 0.245 e. The van der Waals surface area contributed by atoms with E-state index in [9.17, 15) is 4.79 Å². The van der Waals surface area contributed by atoms with Gasteiger partial charge in [0.25, 0.3) is 0 Å². The van der Waals surface area contributed by atoms with Crippen LogP contribution in [0.1, 0.15) is 38.8 Å². The van der Waals surface area contributed by atoms with E-state index in [0.29, 0.717) is 6.54 Å². The number of hydrogen-bond acceptors (Lipinski definition) is 3. The molecule has 0 saturated carbocycles. The van der Waals surface area contributed by atoms with Gasteiger partial charge in [0, 0.05) is 24.8 Å². The van der Waals surface area contributed by atoms with Crippen molar-refractivity contribution in [3.63, 3.8) is 0 Å². The van der Waals surface area contributed by atoms with Crippen LogP contribution in [0.5, 0.6) is 0 Å². The maximum Gasteiger partial charge on any atom is 0.245 e. The average molecular weight is 261 g/mol. The Balaban J connectivity index is 2.43. The summed E-state index contributed by atoms with van der Waals surface area (Å²) in [6, 6.07) is 8.14. The van der Waals surface area contributed by atoms with Crippen molar-refractivity contribution >= 4 is 11.6 Å². The molecule has 0 aromatic heterocycles. The Morgan fingerprint density at radius 1 is 1.42 bits per heavy atom. The molecule has 1 saturated heterocycles. The summed E-state index contributed by atoms with van der Waals surface area (Å²) in [5.74, 6) is 0.0682. The first kappa shape index (κ1) is 13.9. The van der Waals surface area contributed by atoms with Crippen LogP contribution in [-0.4, -0.2) is 24.5 Å². The minimum atomic E-state index is -0.540. The third-order valence-electron chi connectivity index (χ3n) is 3.92. The van der Waals surface area contributed by atoms with Crippen molar-refractivity contribution < 1.29 is 4.79 Å². The quantitative estimate of drug-likeness (QED) is 0.872. The molecule has 4 heteroatoms. The van der Waals surface area contributed by atoms with Crippen molar-refractivity contribution in [2.45, 2.75) is 38.8 Å². The highest BCUT2D eigenvalue weighted by Gasteiger charge is 2.38. The fourth-order valence-electron chi connectivity index (χ4n) is 2.59. The van der Waals surface area contributed by atoms with Gasteiger partial charge in [0.2, 0.25) is 5.91 Å². The third-order valence-corrected chi connectivity index (χ3v) is 3.92. The molecular formula is C15H23N3O. The number of carbonyl (C=O) groups is 1. The Morgan fingerprint density at radius 3 is 2.79 bits per heavy atom. The summed E-state index contributed by atoms with van der Waals surface area (Å²) in [4.78, 5) is 14.2. The van der Waals surface area contributed by atoms with Gasteiger partial charge in [-0.3, -0.25) is 4.79 Å². The van der Waals surface area contributed by atoms with Gasteiger partial charge in [-0.25, -0.2) is 0 Å². The van der Waals surface area contributed by atoms with E-state index in [0.717, 1.165) is 24.2 Å². The SMILES string of the molecule is CC[C@@H](N)c1ccccc1N1CCNC(=O)C1(C)C. The van der Waals surface area contributed by atoms with Crippen LogP contribution in [0.25, 0.3) is 0 Å². The number of rotatable bonds is 3. The Hall–Kier alpha value is -1.55. The number of hydrogen-bond donors (Lipinski definition) is 2. The van der Waals surface area contributed by atoms with E-state index in [1.54, 1.807) is 0 Å². The molecule has 1 aromatic carbocycles. The normalized spacial score (nSPS) is 20.0. The first-order valence-electron chi connectivity index (χ1n) is 6.89. The summed E-state index contributed by atoms with van der Waals surface area (Å²) in [5, 5.41) is 2.92. The first-order valence-corrected chi connectivity index (χ1v) is 6.89. The molecule has 0 aliphatic carbocycles. The van der Waals surface area contributed by atoms with Crippen LogP contribution in [-0.2, 0) is 4.79 Å². The third kappa shape index (κ3) is 2.45. The number of benzene rings is 1. The molecule has 1 fully saturated rings. The van der Waals surface area contributed by atoms with Gasteiger partial charge in [-0.15, -0.1) is 0 Å². The molecule has 0 bridgehead atoms. The minimum absolute atomic E-state index is 0.0111. The van der Waals surface area contributed by atoms with Crippen LogP contribution >= 0.6 is 0 Å². The number of carbonyl (C=O) groups excluding carboxylic acids is 1. The van der Waals surface area contributed by atoms with Gasteiger partial charge in [0.15, 0.2) is 0 Å². The highest BCUT2D eigenvalue weighted by molar-refractivity contribution is 5.90. The molecule has 0 radical (unpaired) electrons. The minimum Gasteiger partial charge on any atom is -0.355 e. The molecule has 1 aliphatic heterocycles. The van der Waals surface area contributed by atoms with Crippen LogP contribution < -0.4 is 16.0 Å². The second-order valence-electron chi connectivity index (χ2n) is 5.54. The fourth-order valence-corrected chi connectivity index (χ4v) is 2.59. The zero-order valence-corrected chi connectivity index (χ0v) is 11.9. The lowest BCUT2D eigenvalue weighted by atomic mass is 9.94. The molecule has 1 atom stereocenters. The first-order chi connectivity index (χ1) is 8.98. The number of nitrogens with two attached hydrogens (primary N) is 1. The molecule has 1 aromatic rings. The van der Waals surface area contributed by atoms with Crippen molar-refractivity contribution in [3.05, 3.63) is 29.8 Å². The zero-order valence-electron chi connectivity index (χ0n) is 11.9. The van der Waals surface area contributed by atoms with E-state index < -0.39 is 5.54 Å². The lowest BCUT2D eigenvalue weighted by Crippen LogP contribution is -2.62. The van der Waals surface area contributed by atoms with Gasteiger partial charge in [-0.1, -0.05) is 25.1 Å². The zero-order chi connectivity index (χ0) is 14.0. The van der Waals surface area contributed by atoms with Crippen molar-refractivity contribution in [2.24, 2.45) is 5.73 Å². The average Bonchev–Trinajstić information content (AvgIpc) is 2.41. The van der Waals surface area contributed by atoms with E-state index >= 15 is 0 Å². The maximum atomic E-state index is 12.1. The van der Waals surface area contributed by atoms with Gasteiger partial charge in [0.1, 0.15) is 5.54 Å². The Kier molecular flexibility index (Phi) is 3.80. The summed E-state index contributed by atoms with van der Waals surface area (Å²) < 4.78 is 0. The van der Waals surface area contributed by atoms with Gasteiger partial charge >= 0.3 is 0 Å². The predicted molar refractivity (Wildman–Crippen MR) is 78.1 cm³/mol. The number of para-hydroxylation sites is 1. The Labute approximate surface area is 115 Å². The predicted octanol–water partition coefficient (Wildman–Crippen LogP) is 1.81. The molecule has 0 unspecified atom stereocenters. The molecule has 1 amide bonds. The van der Waals surface area contributed by atoms with E-state index in [1.165, 1.54) is 0 Å². The molecule has 104 valence electrons. The highest BCUT2D eigenvalue weighted by Crippen LogP contribution is 2.32. The van der Waals surface area contributed by atoms with Crippen molar-refractivity contribution in [1.29, 1.82) is 0 Å². The lowest BCUT2D eigenvalue weighted by molar-refractivity contribution is -0.126. The molecule has 2 rings (SSSR count). The monoisotopic (exact) mass is 261 g/mol. The Bertz CT molecular complexity index is 470.